The average Bonchev–Trinajstić information content (AvgIpc) is 2.58. The van der Waals surface area contributed by atoms with E-state index in [-0.39, 0.29) is 4.90 Å². The van der Waals surface area contributed by atoms with Crippen molar-refractivity contribution in [2.24, 2.45) is 0 Å². The first kappa shape index (κ1) is 16.4. The Kier molecular flexibility index (Phi) is 4.96. The molecule has 3 rings (SSSR count). The molecule has 2 aromatic rings. The van der Waals surface area contributed by atoms with Gasteiger partial charge < -0.3 is 0 Å². The van der Waals surface area contributed by atoms with Gasteiger partial charge in [0.1, 0.15) is 4.90 Å². The highest BCUT2D eigenvalue weighted by Crippen LogP contribution is 2.20. The van der Waals surface area contributed by atoms with E-state index in [1.165, 1.54) is 10.5 Å². The zero-order chi connectivity index (χ0) is 16.3. The molecule has 0 unspecified atom stereocenters. The van der Waals surface area contributed by atoms with Crippen LogP contribution in [-0.4, -0.2) is 48.8 Å². The number of halogens is 1. The number of nitrogens with zero attached hydrogens (tertiary/aromatic N) is 3. The zero-order valence-corrected chi connectivity index (χ0v) is 14.2. The maximum absolute atomic E-state index is 12.6. The van der Waals surface area contributed by atoms with Crippen LogP contribution in [-0.2, 0) is 16.6 Å². The molecule has 0 N–H and O–H groups in total. The summed E-state index contributed by atoms with van der Waals surface area (Å²) < 4.78 is 26.6. The number of piperazine rings is 1. The lowest BCUT2D eigenvalue weighted by atomic mass is 10.2. The van der Waals surface area contributed by atoms with Gasteiger partial charge in [-0.1, -0.05) is 29.8 Å². The first-order valence-corrected chi connectivity index (χ1v) is 9.25. The molecule has 0 amide bonds. The molecule has 0 aliphatic carbocycles. The van der Waals surface area contributed by atoms with Gasteiger partial charge in [0, 0.05) is 50.1 Å². The minimum atomic E-state index is -3.45. The van der Waals surface area contributed by atoms with E-state index < -0.39 is 10.0 Å². The molecular weight excluding hydrogens is 334 g/mol. The second-order valence-electron chi connectivity index (χ2n) is 5.46. The van der Waals surface area contributed by atoms with E-state index in [1.807, 2.05) is 24.3 Å². The van der Waals surface area contributed by atoms with Gasteiger partial charge in [-0.15, -0.1) is 0 Å². The van der Waals surface area contributed by atoms with Gasteiger partial charge in [-0.05, 0) is 23.8 Å². The Morgan fingerprint density at radius 3 is 2.43 bits per heavy atom. The predicted octanol–water partition coefficient (Wildman–Crippen LogP) is 2.24. The summed E-state index contributed by atoms with van der Waals surface area (Å²) in [5, 5.41) is 0.748. The molecule has 0 spiro atoms. The Labute approximate surface area is 141 Å². The Balaban J connectivity index is 1.64. The van der Waals surface area contributed by atoms with Crippen LogP contribution in [0, 0.1) is 0 Å². The van der Waals surface area contributed by atoms with Crippen molar-refractivity contribution in [2.45, 2.75) is 11.4 Å². The normalized spacial score (nSPS) is 17.3. The van der Waals surface area contributed by atoms with Crippen molar-refractivity contribution in [3.05, 3.63) is 59.4 Å². The van der Waals surface area contributed by atoms with Gasteiger partial charge in [0.25, 0.3) is 0 Å². The molecule has 0 atom stereocenters. The van der Waals surface area contributed by atoms with Crippen LogP contribution in [0.15, 0.2) is 53.7 Å². The van der Waals surface area contributed by atoms with Crippen LogP contribution < -0.4 is 0 Å². The zero-order valence-electron chi connectivity index (χ0n) is 12.6. The van der Waals surface area contributed by atoms with Crippen molar-refractivity contribution < 1.29 is 8.42 Å². The van der Waals surface area contributed by atoms with E-state index in [1.54, 1.807) is 18.3 Å². The molecule has 1 aliphatic rings. The van der Waals surface area contributed by atoms with Crippen LogP contribution in [0.1, 0.15) is 5.56 Å². The lowest BCUT2D eigenvalue weighted by molar-refractivity contribution is 0.181. The van der Waals surface area contributed by atoms with Crippen molar-refractivity contribution in [1.29, 1.82) is 0 Å². The van der Waals surface area contributed by atoms with E-state index in [4.69, 9.17) is 11.6 Å². The van der Waals surface area contributed by atoms with Crippen LogP contribution in [0.2, 0.25) is 5.02 Å². The van der Waals surface area contributed by atoms with Crippen LogP contribution in [0.25, 0.3) is 0 Å². The second-order valence-corrected chi connectivity index (χ2v) is 7.81. The maximum Gasteiger partial charge on any atom is 0.244 e. The number of hydrogen-bond donors (Lipinski definition) is 0. The SMILES string of the molecule is O=S(=O)(c1cccnc1)N1CCN(Cc2ccccc2Cl)CC1. The fourth-order valence-corrected chi connectivity index (χ4v) is 4.23. The monoisotopic (exact) mass is 351 g/mol. The van der Waals surface area contributed by atoms with Crippen molar-refractivity contribution in [3.8, 4) is 0 Å². The molecule has 7 heteroatoms. The lowest BCUT2D eigenvalue weighted by Crippen LogP contribution is -2.48. The fraction of sp³-hybridized carbons (Fsp3) is 0.312. The standard InChI is InChI=1S/C16H18ClN3O2S/c17-16-6-2-1-4-14(16)13-19-8-10-20(11-9-19)23(21,22)15-5-3-7-18-12-15/h1-7,12H,8-11,13H2. The van der Waals surface area contributed by atoms with Crippen LogP contribution in [0.5, 0.6) is 0 Å². The molecule has 1 aromatic carbocycles. The summed E-state index contributed by atoms with van der Waals surface area (Å²) in [6.45, 7) is 3.05. The summed E-state index contributed by atoms with van der Waals surface area (Å²) in [6, 6.07) is 11.0. The van der Waals surface area contributed by atoms with Gasteiger partial charge in [-0.25, -0.2) is 8.42 Å². The Morgan fingerprint density at radius 1 is 1.04 bits per heavy atom. The molecule has 23 heavy (non-hydrogen) atoms. The van der Waals surface area contributed by atoms with Gasteiger partial charge in [0.15, 0.2) is 0 Å². The molecule has 1 saturated heterocycles. The van der Waals surface area contributed by atoms with Gasteiger partial charge in [-0.3, -0.25) is 9.88 Å². The molecule has 1 aromatic heterocycles. The molecule has 1 fully saturated rings. The van der Waals surface area contributed by atoms with E-state index in [0.29, 0.717) is 26.2 Å². The Bertz CT molecular complexity index is 760. The first-order chi connectivity index (χ1) is 11.1. The van der Waals surface area contributed by atoms with Gasteiger partial charge >= 0.3 is 0 Å². The quantitative estimate of drug-likeness (QED) is 0.847. The fourth-order valence-electron chi connectivity index (χ4n) is 2.64. The summed E-state index contributed by atoms with van der Waals surface area (Å²) in [4.78, 5) is 6.36. The van der Waals surface area contributed by atoms with E-state index in [2.05, 4.69) is 9.88 Å². The highest BCUT2D eigenvalue weighted by atomic mass is 35.5. The number of hydrogen-bond acceptors (Lipinski definition) is 4. The molecule has 0 saturated carbocycles. The van der Waals surface area contributed by atoms with E-state index in [9.17, 15) is 8.42 Å². The summed E-state index contributed by atoms with van der Waals surface area (Å²) in [6.07, 6.45) is 2.96. The number of pyridine rings is 1. The highest BCUT2D eigenvalue weighted by Gasteiger charge is 2.28. The number of benzene rings is 1. The second kappa shape index (κ2) is 6.97. The predicted molar refractivity (Wildman–Crippen MR) is 89.7 cm³/mol. The third kappa shape index (κ3) is 3.72. The third-order valence-corrected chi connectivity index (χ3v) is 6.21. The minimum absolute atomic E-state index is 0.250. The van der Waals surface area contributed by atoms with Gasteiger partial charge in [-0.2, -0.15) is 4.31 Å². The van der Waals surface area contributed by atoms with Crippen molar-refractivity contribution >= 4 is 21.6 Å². The molecule has 122 valence electrons. The third-order valence-electron chi connectivity index (χ3n) is 3.96. The van der Waals surface area contributed by atoms with Gasteiger partial charge in [0.2, 0.25) is 10.0 Å². The molecular formula is C16H18ClN3O2S. The molecule has 0 bridgehead atoms. The summed E-state index contributed by atoms with van der Waals surface area (Å²) in [5.41, 5.74) is 1.07. The summed E-state index contributed by atoms with van der Waals surface area (Å²) in [7, 11) is -3.45. The van der Waals surface area contributed by atoms with Crippen molar-refractivity contribution in [1.82, 2.24) is 14.2 Å². The first-order valence-electron chi connectivity index (χ1n) is 7.43. The van der Waals surface area contributed by atoms with Gasteiger partial charge in [0.05, 0.1) is 0 Å². The summed E-state index contributed by atoms with van der Waals surface area (Å²) >= 11 is 6.18. The number of sulfonamides is 1. The average molecular weight is 352 g/mol. The van der Waals surface area contributed by atoms with E-state index in [0.717, 1.165) is 17.1 Å². The van der Waals surface area contributed by atoms with Crippen molar-refractivity contribution in [2.75, 3.05) is 26.2 Å². The lowest BCUT2D eigenvalue weighted by Gasteiger charge is -2.34. The largest absolute Gasteiger partial charge is 0.296 e. The molecule has 1 aliphatic heterocycles. The topological polar surface area (TPSA) is 53.5 Å². The minimum Gasteiger partial charge on any atom is -0.296 e. The molecule has 5 nitrogen and oxygen atoms in total. The number of rotatable bonds is 4. The van der Waals surface area contributed by atoms with Crippen LogP contribution in [0.4, 0.5) is 0 Å². The Morgan fingerprint density at radius 2 is 1.78 bits per heavy atom. The maximum atomic E-state index is 12.6. The van der Waals surface area contributed by atoms with E-state index >= 15 is 0 Å². The van der Waals surface area contributed by atoms with Crippen molar-refractivity contribution in [3.63, 3.8) is 0 Å². The highest BCUT2D eigenvalue weighted by molar-refractivity contribution is 7.89. The summed E-state index contributed by atoms with van der Waals surface area (Å²) in [5.74, 6) is 0. The number of aromatic nitrogens is 1. The van der Waals surface area contributed by atoms with Crippen LogP contribution in [0.3, 0.4) is 0 Å². The molecule has 0 radical (unpaired) electrons. The smallest absolute Gasteiger partial charge is 0.244 e. The Hall–Kier alpha value is -1.47. The van der Waals surface area contributed by atoms with Crippen LogP contribution >= 0.6 is 11.6 Å². The molecule has 2 heterocycles.